The molecule has 2 rings (SSSR count). The summed E-state index contributed by atoms with van der Waals surface area (Å²) in [5.41, 5.74) is -0.0333. The first-order valence-electron chi connectivity index (χ1n) is 5.17. The van der Waals surface area contributed by atoms with Gasteiger partial charge in [-0.1, -0.05) is 10.6 Å². The van der Waals surface area contributed by atoms with Crippen LogP contribution in [0, 0.1) is 0 Å². The first-order valence-corrected chi connectivity index (χ1v) is 7.17. The molecule has 4 nitrogen and oxygen atoms in total. The number of nitrogens with one attached hydrogen (secondary N) is 1. The molecule has 0 spiro atoms. The summed E-state index contributed by atoms with van der Waals surface area (Å²) >= 11 is 2.18. The van der Waals surface area contributed by atoms with Crippen LogP contribution in [0.4, 0.5) is 14.5 Å². The van der Waals surface area contributed by atoms with Crippen LogP contribution in [0.3, 0.4) is 0 Å². The highest BCUT2D eigenvalue weighted by Crippen LogP contribution is 2.24. The zero-order valence-corrected chi connectivity index (χ0v) is 11.4. The van der Waals surface area contributed by atoms with E-state index in [0.717, 1.165) is 4.90 Å². The molecule has 1 aromatic carbocycles. The fourth-order valence-electron chi connectivity index (χ4n) is 1.39. The van der Waals surface area contributed by atoms with Crippen molar-refractivity contribution in [3.05, 3.63) is 34.8 Å². The van der Waals surface area contributed by atoms with Crippen LogP contribution in [0.15, 0.2) is 29.2 Å². The summed E-state index contributed by atoms with van der Waals surface area (Å²) < 4.78 is 28.6. The van der Waals surface area contributed by atoms with Crippen molar-refractivity contribution in [2.45, 2.75) is 11.3 Å². The maximum Gasteiger partial charge on any atom is 0.283 e. The predicted octanol–water partition coefficient (Wildman–Crippen LogP) is 3.45. The van der Waals surface area contributed by atoms with Crippen molar-refractivity contribution in [2.24, 2.45) is 0 Å². The van der Waals surface area contributed by atoms with Crippen LogP contribution >= 0.6 is 23.3 Å². The third kappa shape index (κ3) is 3.27. The number of nitrogens with zero attached hydrogens (tertiary/aromatic N) is 2. The maximum absolute atomic E-state index is 12.6. The Hall–Kier alpha value is -1.54. The molecular weight excluding hydrogens is 292 g/mol. The van der Waals surface area contributed by atoms with Crippen LogP contribution in [-0.4, -0.2) is 21.7 Å². The van der Waals surface area contributed by atoms with Gasteiger partial charge < -0.3 is 5.32 Å². The number of anilines is 1. The summed E-state index contributed by atoms with van der Waals surface area (Å²) in [5.74, 6) is -0.622. The molecule has 0 unspecified atom stereocenters. The van der Waals surface area contributed by atoms with E-state index in [1.165, 1.54) is 11.8 Å². The quantitative estimate of drug-likeness (QED) is 0.879. The SMILES string of the molecule is CSc1cccc(NC(=O)c2snnc2C(F)F)c1. The number of aromatic nitrogens is 2. The third-order valence-electron chi connectivity index (χ3n) is 2.25. The van der Waals surface area contributed by atoms with E-state index < -0.39 is 18.0 Å². The fourth-order valence-corrected chi connectivity index (χ4v) is 2.41. The van der Waals surface area contributed by atoms with Crippen molar-refractivity contribution in [3.63, 3.8) is 0 Å². The Balaban J connectivity index is 2.18. The molecule has 1 amide bonds. The zero-order valence-electron chi connectivity index (χ0n) is 9.76. The molecule has 0 aliphatic heterocycles. The lowest BCUT2D eigenvalue weighted by molar-refractivity contribution is 0.101. The molecule has 0 saturated carbocycles. The highest BCUT2D eigenvalue weighted by molar-refractivity contribution is 7.98. The molecule has 1 heterocycles. The Labute approximate surface area is 116 Å². The van der Waals surface area contributed by atoms with Crippen LogP contribution in [0.2, 0.25) is 0 Å². The van der Waals surface area contributed by atoms with E-state index in [2.05, 4.69) is 14.9 Å². The number of carbonyl (C=O) groups is 1. The molecule has 0 aliphatic carbocycles. The van der Waals surface area contributed by atoms with Crippen molar-refractivity contribution >= 4 is 34.9 Å². The number of hydrogen-bond donors (Lipinski definition) is 1. The first-order chi connectivity index (χ1) is 9.11. The monoisotopic (exact) mass is 301 g/mol. The van der Waals surface area contributed by atoms with Crippen LogP contribution in [0.5, 0.6) is 0 Å². The van der Waals surface area contributed by atoms with Crippen molar-refractivity contribution in [1.29, 1.82) is 0 Å². The number of hydrogen-bond acceptors (Lipinski definition) is 5. The van der Waals surface area contributed by atoms with Gasteiger partial charge in [0.15, 0.2) is 5.69 Å². The van der Waals surface area contributed by atoms with Gasteiger partial charge in [0.05, 0.1) is 0 Å². The van der Waals surface area contributed by atoms with E-state index in [0.29, 0.717) is 17.2 Å². The Morgan fingerprint density at radius 3 is 2.95 bits per heavy atom. The summed E-state index contributed by atoms with van der Waals surface area (Å²) in [6.45, 7) is 0. The second-order valence-corrected chi connectivity index (χ2v) is 5.11. The number of thioether (sulfide) groups is 1. The zero-order chi connectivity index (χ0) is 13.8. The Bertz CT molecular complexity index is 589. The van der Waals surface area contributed by atoms with E-state index in [1.54, 1.807) is 18.2 Å². The van der Waals surface area contributed by atoms with Crippen molar-refractivity contribution in [2.75, 3.05) is 11.6 Å². The van der Waals surface area contributed by atoms with Gasteiger partial charge in [-0.05, 0) is 36.0 Å². The summed E-state index contributed by atoms with van der Waals surface area (Å²) in [5, 5.41) is 5.82. The van der Waals surface area contributed by atoms with Crippen molar-refractivity contribution < 1.29 is 13.6 Å². The van der Waals surface area contributed by atoms with Crippen molar-refractivity contribution in [1.82, 2.24) is 9.59 Å². The summed E-state index contributed by atoms with van der Waals surface area (Å²) in [4.78, 5) is 12.7. The van der Waals surface area contributed by atoms with Crippen LogP contribution in [-0.2, 0) is 0 Å². The number of carbonyl (C=O) groups excluding carboxylic acids is 1. The van der Waals surface area contributed by atoms with E-state index in [1.807, 2.05) is 12.3 Å². The average molecular weight is 301 g/mol. The number of alkyl halides is 2. The normalized spacial score (nSPS) is 10.7. The molecule has 0 atom stereocenters. The number of halogens is 2. The fraction of sp³-hybridized carbons (Fsp3) is 0.182. The molecule has 0 aliphatic rings. The van der Waals surface area contributed by atoms with Gasteiger partial charge >= 0.3 is 0 Å². The average Bonchev–Trinajstić information content (AvgIpc) is 2.88. The van der Waals surface area contributed by atoms with Gasteiger partial charge in [-0.3, -0.25) is 4.79 Å². The highest BCUT2D eigenvalue weighted by atomic mass is 32.2. The summed E-state index contributed by atoms with van der Waals surface area (Å²) in [6, 6.07) is 7.12. The summed E-state index contributed by atoms with van der Waals surface area (Å²) in [7, 11) is 0. The minimum absolute atomic E-state index is 0.162. The number of rotatable bonds is 4. The largest absolute Gasteiger partial charge is 0.321 e. The lowest BCUT2D eigenvalue weighted by atomic mass is 10.3. The standard InChI is InChI=1S/C11H9F2N3OS2/c1-18-7-4-2-3-6(5-7)14-11(17)9-8(10(12)13)15-16-19-9/h2-5,10H,1H3,(H,14,17). The van der Waals surface area contributed by atoms with E-state index in [9.17, 15) is 13.6 Å². The van der Waals surface area contributed by atoms with E-state index >= 15 is 0 Å². The van der Waals surface area contributed by atoms with Gasteiger partial charge in [0, 0.05) is 10.6 Å². The number of amides is 1. The van der Waals surface area contributed by atoms with Gasteiger partial charge in [0.2, 0.25) is 0 Å². The van der Waals surface area contributed by atoms with Crippen LogP contribution < -0.4 is 5.32 Å². The Morgan fingerprint density at radius 1 is 1.47 bits per heavy atom. The van der Waals surface area contributed by atoms with E-state index in [-0.39, 0.29) is 4.88 Å². The molecule has 0 fully saturated rings. The van der Waals surface area contributed by atoms with Gasteiger partial charge in [-0.15, -0.1) is 16.9 Å². The van der Waals surface area contributed by atoms with Crippen molar-refractivity contribution in [3.8, 4) is 0 Å². The van der Waals surface area contributed by atoms with Gasteiger partial charge in [0.1, 0.15) is 4.88 Å². The van der Waals surface area contributed by atoms with Gasteiger partial charge in [0.25, 0.3) is 12.3 Å². The molecular formula is C11H9F2N3OS2. The number of benzene rings is 1. The van der Waals surface area contributed by atoms with E-state index in [4.69, 9.17) is 0 Å². The molecule has 1 N–H and O–H groups in total. The molecule has 0 bridgehead atoms. The van der Waals surface area contributed by atoms with Gasteiger partial charge in [-0.25, -0.2) is 8.78 Å². The van der Waals surface area contributed by atoms with Crippen LogP contribution in [0.25, 0.3) is 0 Å². The van der Waals surface area contributed by atoms with Gasteiger partial charge in [-0.2, -0.15) is 0 Å². The molecule has 0 saturated heterocycles. The highest BCUT2D eigenvalue weighted by Gasteiger charge is 2.23. The topological polar surface area (TPSA) is 54.9 Å². The lowest BCUT2D eigenvalue weighted by Gasteiger charge is -2.05. The smallest absolute Gasteiger partial charge is 0.283 e. The first kappa shape index (κ1) is 13.9. The summed E-state index contributed by atoms with van der Waals surface area (Å²) in [6.07, 6.45) is -0.903. The predicted molar refractivity (Wildman–Crippen MR) is 71.0 cm³/mol. The molecule has 2 aromatic rings. The minimum atomic E-state index is -2.81. The lowest BCUT2D eigenvalue weighted by Crippen LogP contribution is -2.12. The molecule has 100 valence electrons. The second kappa shape index (κ2) is 6.07. The molecule has 0 radical (unpaired) electrons. The van der Waals surface area contributed by atoms with Crippen LogP contribution in [0.1, 0.15) is 21.8 Å². The molecule has 8 heteroatoms. The third-order valence-corrected chi connectivity index (χ3v) is 3.72. The second-order valence-electron chi connectivity index (χ2n) is 3.47. The molecule has 1 aromatic heterocycles. The molecule has 19 heavy (non-hydrogen) atoms. The Kier molecular flexibility index (Phi) is 4.43. The maximum atomic E-state index is 12.6. The minimum Gasteiger partial charge on any atom is -0.321 e. The Morgan fingerprint density at radius 2 is 2.26 bits per heavy atom.